The van der Waals surface area contributed by atoms with Gasteiger partial charge in [0.2, 0.25) is 0 Å². The van der Waals surface area contributed by atoms with Crippen molar-refractivity contribution in [2.45, 2.75) is 6.54 Å². The third-order valence-corrected chi connectivity index (χ3v) is 5.02. The van der Waals surface area contributed by atoms with E-state index in [0.717, 1.165) is 3.57 Å². The molecule has 1 N–H and O–H groups in total. The van der Waals surface area contributed by atoms with Crippen molar-refractivity contribution < 1.29 is 9.18 Å². The number of anilines is 1. The van der Waals surface area contributed by atoms with E-state index in [2.05, 4.69) is 33.0 Å². The minimum Gasteiger partial charge on any atom is -0.304 e. The largest absolute Gasteiger partial charge is 0.304 e. The summed E-state index contributed by atoms with van der Waals surface area (Å²) in [5, 5.41) is 7.43. The molecule has 0 aliphatic rings. The number of carbonyl (C=O) groups excluding carboxylic acids is 1. The second kappa shape index (κ2) is 7.72. The molecule has 3 aromatic rings. The van der Waals surface area contributed by atoms with E-state index < -0.39 is 5.82 Å². The van der Waals surface area contributed by atoms with E-state index in [4.69, 9.17) is 23.2 Å². The molecule has 3 rings (SSSR count). The van der Waals surface area contributed by atoms with Crippen LogP contribution in [-0.4, -0.2) is 15.7 Å². The number of halogens is 4. The zero-order valence-corrected chi connectivity index (χ0v) is 16.3. The van der Waals surface area contributed by atoms with Crippen molar-refractivity contribution in [3.8, 4) is 0 Å². The normalized spacial score (nSPS) is 10.7. The lowest BCUT2D eigenvalue weighted by molar-refractivity contribution is 0.102. The molecular weight excluding hydrogens is 479 g/mol. The summed E-state index contributed by atoms with van der Waals surface area (Å²) in [5.41, 5.74) is 0.824. The smallest absolute Gasteiger partial charge is 0.257 e. The van der Waals surface area contributed by atoms with Crippen LogP contribution in [-0.2, 0) is 6.54 Å². The van der Waals surface area contributed by atoms with Crippen molar-refractivity contribution >= 4 is 57.5 Å². The predicted molar refractivity (Wildman–Crippen MR) is 105 cm³/mol. The van der Waals surface area contributed by atoms with Crippen LogP contribution < -0.4 is 5.32 Å². The first-order chi connectivity index (χ1) is 12.0. The van der Waals surface area contributed by atoms with Gasteiger partial charge in [0.25, 0.3) is 5.91 Å². The van der Waals surface area contributed by atoms with E-state index in [-0.39, 0.29) is 23.3 Å². The lowest BCUT2D eigenvalue weighted by Crippen LogP contribution is -2.14. The molecule has 0 atom stereocenters. The van der Waals surface area contributed by atoms with Gasteiger partial charge in [-0.2, -0.15) is 5.10 Å². The van der Waals surface area contributed by atoms with Crippen molar-refractivity contribution in [1.29, 1.82) is 0 Å². The maximum atomic E-state index is 13.9. The average molecular weight is 490 g/mol. The fourth-order valence-corrected chi connectivity index (χ4v) is 3.28. The number of hydrogen-bond acceptors (Lipinski definition) is 2. The Morgan fingerprint density at radius 2 is 1.92 bits per heavy atom. The van der Waals surface area contributed by atoms with Gasteiger partial charge in [-0.3, -0.25) is 9.48 Å². The molecule has 0 aliphatic heterocycles. The van der Waals surface area contributed by atoms with Crippen molar-refractivity contribution in [1.82, 2.24) is 9.78 Å². The second-order valence-corrected chi connectivity index (χ2v) is 7.13. The van der Waals surface area contributed by atoms with Gasteiger partial charge in [0.1, 0.15) is 10.8 Å². The van der Waals surface area contributed by atoms with Crippen LogP contribution in [0.15, 0.2) is 48.7 Å². The number of nitrogens with zero attached hydrogens (tertiary/aromatic N) is 2. The van der Waals surface area contributed by atoms with Crippen molar-refractivity contribution in [2.24, 2.45) is 0 Å². The minimum absolute atomic E-state index is 0.101. The monoisotopic (exact) mass is 489 g/mol. The third-order valence-electron chi connectivity index (χ3n) is 3.45. The van der Waals surface area contributed by atoms with Crippen LogP contribution in [0.2, 0.25) is 10.0 Å². The summed E-state index contributed by atoms with van der Waals surface area (Å²) in [5.74, 6) is -0.539. The Morgan fingerprint density at radius 3 is 2.64 bits per heavy atom. The van der Waals surface area contributed by atoms with Gasteiger partial charge in [-0.05, 0) is 46.9 Å². The van der Waals surface area contributed by atoms with E-state index >= 15 is 0 Å². The summed E-state index contributed by atoms with van der Waals surface area (Å²) in [6.45, 7) is 0.101. The quantitative estimate of drug-likeness (QED) is 0.510. The van der Waals surface area contributed by atoms with Crippen LogP contribution >= 0.6 is 45.8 Å². The number of rotatable bonds is 4. The van der Waals surface area contributed by atoms with Crippen LogP contribution in [0.3, 0.4) is 0 Å². The number of benzene rings is 2. The molecular formula is C17H11Cl2FIN3O. The fraction of sp³-hybridized carbons (Fsp3) is 0.0588. The Kier molecular flexibility index (Phi) is 5.61. The summed E-state index contributed by atoms with van der Waals surface area (Å²) in [7, 11) is 0. The Morgan fingerprint density at radius 1 is 1.16 bits per heavy atom. The summed E-state index contributed by atoms with van der Waals surface area (Å²) in [6.07, 6.45) is 1.51. The maximum absolute atomic E-state index is 13.9. The van der Waals surface area contributed by atoms with Crippen LogP contribution in [0.5, 0.6) is 0 Å². The van der Waals surface area contributed by atoms with Crippen molar-refractivity contribution in [2.75, 3.05) is 5.32 Å². The van der Waals surface area contributed by atoms with E-state index in [9.17, 15) is 9.18 Å². The van der Waals surface area contributed by atoms with Gasteiger partial charge in [0.05, 0.1) is 12.1 Å². The van der Waals surface area contributed by atoms with Gasteiger partial charge < -0.3 is 5.32 Å². The molecule has 0 saturated carbocycles. The number of amides is 1. The molecule has 25 heavy (non-hydrogen) atoms. The van der Waals surface area contributed by atoms with Crippen LogP contribution in [0.4, 0.5) is 10.2 Å². The van der Waals surface area contributed by atoms with Crippen molar-refractivity contribution in [3.05, 3.63) is 79.2 Å². The first kappa shape index (κ1) is 18.2. The number of hydrogen-bond donors (Lipinski definition) is 1. The Bertz CT molecular complexity index is 925. The first-order valence-corrected chi connectivity index (χ1v) is 9.01. The minimum atomic E-state index is -0.427. The van der Waals surface area contributed by atoms with E-state index in [1.165, 1.54) is 23.0 Å². The van der Waals surface area contributed by atoms with Gasteiger partial charge >= 0.3 is 0 Å². The van der Waals surface area contributed by atoms with Crippen LogP contribution in [0.25, 0.3) is 0 Å². The Hall–Kier alpha value is -1.64. The zero-order chi connectivity index (χ0) is 18.0. The average Bonchev–Trinajstić information content (AvgIpc) is 2.91. The van der Waals surface area contributed by atoms with Gasteiger partial charge in [0.15, 0.2) is 5.82 Å². The fourth-order valence-electron chi connectivity index (χ4n) is 2.23. The van der Waals surface area contributed by atoms with Crippen LogP contribution in [0.1, 0.15) is 15.9 Å². The van der Waals surface area contributed by atoms with Crippen LogP contribution in [0, 0.1) is 9.39 Å². The van der Waals surface area contributed by atoms with Gasteiger partial charge in [0, 0.05) is 20.4 Å². The summed E-state index contributed by atoms with van der Waals surface area (Å²) in [4.78, 5) is 12.4. The molecule has 1 aromatic heterocycles. The van der Waals surface area contributed by atoms with E-state index in [1.54, 1.807) is 18.2 Å². The summed E-state index contributed by atoms with van der Waals surface area (Å²) in [6, 6.07) is 11.6. The molecule has 8 heteroatoms. The predicted octanol–water partition coefficient (Wildman–Crippen LogP) is 5.23. The lowest BCUT2D eigenvalue weighted by Gasteiger charge is -2.06. The molecule has 1 heterocycles. The van der Waals surface area contributed by atoms with Gasteiger partial charge in [-0.25, -0.2) is 4.39 Å². The molecule has 0 bridgehead atoms. The molecule has 4 nitrogen and oxygen atoms in total. The van der Waals surface area contributed by atoms with Gasteiger partial charge in [-0.15, -0.1) is 0 Å². The first-order valence-electron chi connectivity index (χ1n) is 7.17. The van der Waals surface area contributed by atoms with E-state index in [0.29, 0.717) is 16.1 Å². The molecule has 1 amide bonds. The highest BCUT2D eigenvalue weighted by Crippen LogP contribution is 2.24. The van der Waals surface area contributed by atoms with Crippen molar-refractivity contribution in [3.63, 3.8) is 0 Å². The zero-order valence-electron chi connectivity index (χ0n) is 12.6. The molecule has 128 valence electrons. The highest BCUT2D eigenvalue weighted by Gasteiger charge is 2.15. The molecule has 0 fully saturated rings. The molecule has 2 aromatic carbocycles. The highest BCUT2D eigenvalue weighted by atomic mass is 127. The summed E-state index contributed by atoms with van der Waals surface area (Å²) >= 11 is 14.2. The second-order valence-electron chi connectivity index (χ2n) is 5.16. The Balaban J connectivity index is 1.81. The molecule has 0 spiro atoms. The topological polar surface area (TPSA) is 46.9 Å². The molecule has 0 radical (unpaired) electrons. The number of aromatic nitrogens is 2. The standard InChI is InChI=1S/C17H11Cl2FIN3O/c18-12-5-3-6-14(20)11(12)8-24-9-13(19)16(23-24)22-17(25)10-4-1-2-7-15(10)21/h1-7,9H,8H2,(H,22,23,25). The SMILES string of the molecule is O=C(Nc1nn(Cc2c(F)cccc2Cl)cc1Cl)c1ccccc1I. The highest BCUT2D eigenvalue weighted by molar-refractivity contribution is 14.1. The lowest BCUT2D eigenvalue weighted by atomic mass is 10.2. The number of nitrogens with one attached hydrogen (secondary N) is 1. The molecule has 0 aliphatic carbocycles. The van der Waals surface area contributed by atoms with Gasteiger partial charge in [-0.1, -0.05) is 41.4 Å². The Labute approximate surface area is 167 Å². The van der Waals surface area contributed by atoms with E-state index in [1.807, 2.05) is 12.1 Å². The summed E-state index contributed by atoms with van der Waals surface area (Å²) < 4.78 is 16.1. The molecule has 0 saturated heterocycles. The molecule has 0 unspecified atom stereocenters. The number of carbonyl (C=O) groups is 1. The maximum Gasteiger partial charge on any atom is 0.257 e. The third kappa shape index (κ3) is 4.13.